The fourth-order valence-corrected chi connectivity index (χ4v) is 2.95. The van der Waals surface area contributed by atoms with Crippen LogP contribution in [0.2, 0.25) is 0 Å². The molecule has 0 aliphatic heterocycles. The van der Waals surface area contributed by atoms with Gasteiger partial charge in [0.05, 0.1) is 6.04 Å². The molecule has 1 aliphatic rings. The van der Waals surface area contributed by atoms with Gasteiger partial charge in [0.1, 0.15) is 0 Å². The molecular formula is C11H22N2OS. The minimum Gasteiger partial charge on any atom is -0.353 e. The smallest absolute Gasteiger partial charge is 0.236 e. The molecule has 3 N–H and O–H groups in total. The van der Waals surface area contributed by atoms with Crippen molar-refractivity contribution in [2.45, 2.75) is 49.8 Å². The molecule has 0 spiro atoms. The third-order valence-electron chi connectivity index (χ3n) is 3.31. The van der Waals surface area contributed by atoms with E-state index in [1.54, 1.807) is 0 Å². The van der Waals surface area contributed by atoms with Gasteiger partial charge in [-0.25, -0.2) is 0 Å². The maximum atomic E-state index is 11.5. The van der Waals surface area contributed by atoms with Crippen LogP contribution in [0.25, 0.3) is 0 Å². The molecule has 1 rings (SSSR count). The zero-order valence-electron chi connectivity index (χ0n) is 9.71. The molecule has 3 nitrogen and oxygen atoms in total. The van der Waals surface area contributed by atoms with E-state index in [-0.39, 0.29) is 16.7 Å². The van der Waals surface area contributed by atoms with Crippen LogP contribution in [-0.2, 0) is 4.79 Å². The molecule has 4 heteroatoms. The van der Waals surface area contributed by atoms with E-state index in [4.69, 9.17) is 5.73 Å². The number of hydrogen-bond donors (Lipinski definition) is 2. The molecule has 15 heavy (non-hydrogen) atoms. The maximum Gasteiger partial charge on any atom is 0.236 e. The van der Waals surface area contributed by atoms with Crippen molar-refractivity contribution in [1.82, 2.24) is 5.32 Å². The van der Waals surface area contributed by atoms with Gasteiger partial charge in [0, 0.05) is 11.3 Å². The van der Waals surface area contributed by atoms with Crippen LogP contribution in [0.15, 0.2) is 0 Å². The van der Waals surface area contributed by atoms with Crippen LogP contribution < -0.4 is 11.1 Å². The Morgan fingerprint density at radius 3 is 2.60 bits per heavy atom. The summed E-state index contributed by atoms with van der Waals surface area (Å²) in [5.41, 5.74) is 5.67. The Morgan fingerprint density at radius 2 is 2.13 bits per heavy atom. The van der Waals surface area contributed by atoms with E-state index in [0.29, 0.717) is 6.42 Å². The van der Waals surface area contributed by atoms with Crippen LogP contribution in [0, 0.1) is 0 Å². The van der Waals surface area contributed by atoms with Crippen molar-refractivity contribution < 1.29 is 4.79 Å². The molecule has 0 unspecified atom stereocenters. The fraction of sp³-hybridized carbons (Fsp3) is 0.909. The lowest BCUT2D eigenvalue weighted by molar-refractivity contribution is -0.122. The van der Waals surface area contributed by atoms with E-state index >= 15 is 0 Å². The molecule has 1 saturated carbocycles. The van der Waals surface area contributed by atoms with Crippen molar-refractivity contribution in [2.24, 2.45) is 5.73 Å². The van der Waals surface area contributed by atoms with E-state index in [0.717, 1.165) is 6.54 Å². The third kappa shape index (κ3) is 3.38. The lowest BCUT2D eigenvalue weighted by Crippen LogP contribution is -2.45. The number of amides is 1. The highest BCUT2D eigenvalue weighted by Crippen LogP contribution is 2.39. The van der Waals surface area contributed by atoms with Crippen LogP contribution in [0.3, 0.4) is 0 Å². The molecule has 88 valence electrons. The highest BCUT2D eigenvalue weighted by Gasteiger charge is 2.33. The van der Waals surface area contributed by atoms with E-state index in [2.05, 4.69) is 11.6 Å². The summed E-state index contributed by atoms with van der Waals surface area (Å²) in [6.45, 7) is 2.71. The predicted octanol–water partition coefficient (Wildman–Crippen LogP) is 1.52. The monoisotopic (exact) mass is 230 g/mol. The van der Waals surface area contributed by atoms with Gasteiger partial charge in [-0.15, -0.1) is 0 Å². The lowest BCUT2D eigenvalue weighted by Gasteiger charge is -2.27. The first-order valence-electron chi connectivity index (χ1n) is 5.72. The normalized spacial score (nSPS) is 21.3. The summed E-state index contributed by atoms with van der Waals surface area (Å²) in [5, 5.41) is 2.98. The van der Waals surface area contributed by atoms with Crippen molar-refractivity contribution in [2.75, 3.05) is 12.8 Å². The molecule has 1 atom stereocenters. The van der Waals surface area contributed by atoms with E-state index in [1.165, 1.54) is 25.7 Å². The molecule has 0 aromatic carbocycles. The molecule has 1 amide bonds. The second-order valence-corrected chi connectivity index (χ2v) is 5.60. The number of carbonyl (C=O) groups excluding carboxylic acids is 1. The Bertz CT molecular complexity index is 215. The van der Waals surface area contributed by atoms with E-state index < -0.39 is 0 Å². The van der Waals surface area contributed by atoms with Crippen molar-refractivity contribution >= 4 is 17.7 Å². The Morgan fingerprint density at radius 1 is 1.53 bits per heavy atom. The van der Waals surface area contributed by atoms with Crippen LogP contribution in [0.5, 0.6) is 0 Å². The zero-order valence-corrected chi connectivity index (χ0v) is 10.5. The van der Waals surface area contributed by atoms with Gasteiger partial charge >= 0.3 is 0 Å². The van der Waals surface area contributed by atoms with Crippen molar-refractivity contribution in [1.29, 1.82) is 0 Å². The van der Waals surface area contributed by atoms with Crippen molar-refractivity contribution in [3.8, 4) is 0 Å². The Balaban J connectivity index is 2.37. The second kappa shape index (κ2) is 5.75. The van der Waals surface area contributed by atoms with Crippen LogP contribution in [0.1, 0.15) is 39.0 Å². The second-order valence-electron chi connectivity index (χ2n) is 4.33. The van der Waals surface area contributed by atoms with Crippen LogP contribution in [0.4, 0.5) is 0 Å². The average molecular weight is 230 g/mol. The topological polar surface area (TPSA) is 55.1 Å². The SMILES string of the molecule is CC[C@H](N)C(=O)NCC1(SC)CCCC1. The lowest BCUT2D eigenvalue weighted by atomic mass is 10.1. The largest absolute Gasteiger partial charge is 0.353 e. The van der Waals surface area contributed by atoms with Gasteiger partial charge in [-0.3, -0.25) is 4.79 Å². The average Bonchev–Trinajstić information content (AvgIpc) is 2.74. The highest BCUT2D eigenvalue weighted by atomic mass is 32.2. The summed E-state index contributed by atoms with van der Waals surface area (Å²) in [6.07, 6.45) is 7.86. The van der Waals surface area contributed by atoms with Crippen molar-refractivity contribution in [3.05, 3.63) is 0 Å². The summed E-state index contributed by atoms with van der Waals surface area (Å²) >= 11 is 1.89. The summed E-state index contributed by atoms with van der Waals surface area (Å²) in [6, 6.07) is -0.342. The third-order valence-corrected chi connectivity index (χ3v) is 4.73. The Labute approximate surface area is 96.6 Å². The number of thioether (sulfide) groups is 1. The first-order chi connectivity index (χ1) is 7.13. The van der Waals surface area contributed by atoms with Gasteiger partial charge < -0.3 is 11.1 Å². The molecule has 1 aliphatic carbocycles. The van der Waals surface area contributed by atoms with Gasteiger partial charge in [-0.2, -0.15) is 11.8 Å². The Hall–Kier alpha value is -0.220. The van der Waals surface area contributed by atoms with Crippen LogP contribution in [-0.4, -0.2) is 29.5 Å². The van der Waals surface area contributed by atoms with Gasteiger partial charge in [0.25, 0.3) is 0 Å². The number of nitrogens with one attached hydrogen (secondary N) is 1. The predicted molar refractivity (Wildman–Crippen MR) is 66.0 cm³/mol. The van der Waals surface area contributed by atoms with Gasteiger partial charge in [0.2, 0.25) is 5.91 Å². The van der Waals surface area contributed by atoms with Crippen molar-refractivity contribution in [3.63, 3.8) is 0 Å². The molecule has 0 radical (unpaired) electrons. The van der Waals surface area contributed by atoms with E-state index in [1.807, 2.05) is 18.7 Å². The molecule has 1 fully saturated rings. The zero-order chi connectivity index (χ0) is 11.3. The standard InChI is InChI=1S/C11H22N2OS/c1-3-9(12)10(14)13-8-11(15-2)6-4-5-7-11/h9H,3-8,12H2,1-2H3,(H,13,14)/t9-/m0/s1. The molecular weight excluding hydrogens is 208 g/mol. The fourth-order valence-electron chi connectivity index (χ4n) is 2.04. The van der Waals surface area contributed by atoms with Gasteiger partial charge in [-0.05, 0) is 25.5 Å². The molecule has 0 heterocycles. The molecule has 0 aromatic heterocycles. The quantitative estimate of drug-likeness (QED) is 0.753. The molecule has 0 saturated heterocycles. The van der Waals surface area contributed by atoms with Gasteiger partial charge in [-0.1, -0.05) is 19.8 Å². The summed E-state index contributed by atoms with van der Waals surface area (Å²) < 4.78 is 0.281. The summed E-state index contributed by atoms with van der Waals surface area (Å²) in [4.78, 5) is 11.5. The number of carbonyl (C=O) groups is 1. The first-order valence-corrected chi connectivity index (χ1v) is 6.94. The highest BCUT2D eigenvalue weighted by molar-refractivity contribution is 8.00. The summed E-state index contributed by atoms with van der Waals surface area (Å²) in [7, 11) is 0. The number of hydrogen-bond acceptors (Lipinski definition) is 3. The van der Waals surface area contributed by atoms with Gasteiger partial charge in [0.15, 0.2) is 0 Å². The summed E-state index contributed by atoms with van der Waals surface area (Å²) in [5.74, 6) is -0.00201. The van der Waals surface area contributed by atoms with E-state index in [9.17, 15) is 4.79 Å². The number of nitrogens with two attached hydrogens (primary N) is 1. The first kappa shape index (κ1) is 12.8. The molecule has 0 aromatic rings. The molecule has 0 bridgehead atoms. The Kier molecular flexibility index (Phi) is 4.93. The number of rotatable bonds is 5. The minimum absolute atomic E-state index is 0.00201. The minimum atomic E-state index is -0.342. The maximum absolute atomic E-state index is 11.5. The van der Waals surface area contributed by atoms with Crippen LogP contribution >= 0.6 is 11.8 Å².